The minimum Gasteiger partial charge on any atom is -0.326 e. The Morgan fingerprint density at radius 2 is 1.70 bits per heavy atom. The van der Waals surface area contributed by atoms with Crippen LogP contribution >= 0.6 is 11.6 Å². The van der Waals surface area contributed by atoms with Gasteiger partial charge in [0.05, 0.1) is 0 Å². The lowest BCUT2D eigenvalue weighted by Crippen LogP contribution is -2.30. The third-order valence-electron chi connectivity index (χ3n) is 4.30. The molecule has 3 aromatic rings. The van der Waals surface area contributed by atoms with Gasteiger partial charge in [0.15, 0.2) is 0 Å². The van der Waals surface area contributed by atoms with Gasteiger partial charge in [0.25, 0.3) is 5.56 Å². The molecular weight excluding hydrogens is 404 g/mol. The van der Waals surface area contributed by atoms with E-state index in [-0.39, 0.29) is 23.9 Å². The van der Waals surface area contributed by atoms with Gasteiger partial charge in [-0.15, -0.1) is 0 Å². The number of nitrogens with zero attached hydrogens (tertiary/aromatic N) is 2. The minimum atomic E-state index is -0.376. The van der Waals surface area contributed by atoms with Crippen molar-refractivity contribution in [1.82, 2.24) is 9.55 Å². The molecule has 8 heteroatoms. The first-order chi connectivity index (χ1) is 14.4. The van der Waals surface area contributed by atoms with E-state index in [0.717, 1.165) is 0 Å². The molecule has 3 rings (SSSR count). The van der Waals surface area contributed by atoms with Crippen molar-refractivity contribution < 1.29 is 9.59 Å². The lowest BCUT2D eigenvalue weighted by molar-refractivity contribution is -0.117. The molecule has 0 radical (unpaired) electrons. The number of benzene rings is 2. The highest BCUT2D eigenvalue weighted by atomic mass is 35.5. The number of hydrogen-bond donors (Lipinski definition) is 2. The molecular formula is C22H21ClN4O3. The van der Waals surface area contributed by atoms with Gasteiger partial charge in [-0.25, -0.2) is 4.98 Å². The second kappa shape index (κ2) is 9.37. The van der Waals surface area contributed by atoms with E-state index >= 15 is 0 Å². The summed E-state index contributed by atoms with van der Waals surface area (Å²) in [5, 5.41) is 5.92. The first-order valence-corrected chi connectivity index (χ1v) is 9.77. The average molecular weight is 425 g/mol. The van der Waals surface area contributed by atoms with Crippen molar-refractivity contribution in [1.29, 1.82) is 0 Å². The molecule has 0 saturated carbocycles. The second-order valence-electron chi connectivity index (χ2n) is 6.67. The predicted molar refractivity (Wildman–Crippen MR) is 118 cm³/mol. The standard InChI is InChI=1S/C22H21ClN4O3/c1-3-17-12-21(30)27(22(26-17)15-5-4-6-16(23)11-15)13-20(29)25-19-9-7-18(8-10-19)24-14(2)28/h4-12H,3,13H2,1-2H3,(H,24,28)(H,25,29). The zero-order chi connectivity index (χ0) is 21.7. The third kappa shape index (κ3) is 5.33. The fourth-order valence-corrected chi connectivity index (χ4v) is 3.11. The lowest BCUT2D eigenvalue weighted by atomic mass is 10.2. The molecule has 2 N–H and O–H groups in total. The number of halogens is 1. The Balaban J connectivity index is 1.86. The van der Waals surface area contributed by atoms with E-state index in [9.17, 15) is 14.4 Å². The highest BCUT2D eigenvalue weighted by Gasteiger charge is 2.14. The van der Waals surface area contributed by atoms with Gasteiger partial charge in [-0.2, -0.15) is 0 Å². The van der Waals surface area contributed by atoms with Gasteiger partial charge in [0.1, 0.15) is 12.4 Å². The van der Waals surface area contributed by atoms with Crippen LogP contribution in [0.1, 0.15) is 19.5 Å². The van der Waals surface area contributed by atoms with Gasteiger partial charge in [0.2, 0.25) is 11.8 Å². The van der Waals surface area contributed by atoms with Crippen molar-refractivity contribution in [3.63, 3.8) is 0 Å². The molecule has 1 heterocycles. The Hall–Kier alpha value is -3.45. The zero-order valence-electron chi connectivity index (χ0n) is 16.6. The van der Waals surface area contributed by atoms with Crippen molar-refractivity contribution in [2.75, 3.05) is 10.6 Å². The summed E-state index contributed by atoms with van der Waals surface area (Å²) < 4.78 is 1.33. The fourth-order valence-electron chi connectivity index (χ4n) is 2.92. The lowest BCUT2D eigenvalue weighted by Gasteiger charge is -2.14. The molecule has 2 amide bonds. The number of aryl methyl sites for hydroxylation is 1. The van der Waals surface area contributed by atoms with Crippen molar-refractivity contribution in [2.45, 2.75) is 26.8 Å². The van der Waals surface area contributed by atoms with Gasteiger partial charge in [-0.1, -0.05) is 30.7 Å². The van der Waals surface area contributed by atoms with Gasteiger partial charge in [0, 0.05) is 40.6 Å². The summed E-state index contributed by atoms with van der Waals surface area (Å²) in [6, 6.07) is 15.1. The summed E-state index contributed by atoms with van der Waals surface area (Å²) in [4.78, 5) is 40.9. The van der Waals surface area contributed by atoms with E-state index < -0.39 is 0 Å². The first kappa shape index (κ1) is 21.3. The molecule has 30 heavy (non-hydrogen) atoms. The molecule has 0 atom stereocenters. The number of nitrogens with one attached hydrogen (secondary N) is 2. The van der Waals surface area contributed by atoms with E-state index in [1.165, 1.54) is 17.6 Å². The van der Waals surface area contributed by atoms with E-state index in [1.807, 2.05) is 6.92 Å². The summed E-state index contributed by atoms with van der Waals surface area (Å²) in [6.07, 6.45) is 0.594. The Labute approximate surface area is 178 Å². The van der Waals surface area contributed by atoms with E-state index in [1.54, 1.807) is 48.5 Å². The average Bonchev–Trinajstić information content (AvgIpc) is 2.70. The summed E-state index contributed by atoms with van der Waals surface area (Å²) >= 11 is 6.10. The maximum absolute atomic E-state index is 12.7. The molecule has 0 saturated heterocycles. The van der Waals surface area contributed by atoms with Crippen LogP contribution < -0.4 is 16.2 Å². The Bertz CT molecular complexity index is 1140. The maximum Gasteiger partial charge on any atom is 0.254 e. The van der Waals surface area contributed by atoms with Crippen LogP contribution in [-0.4, -0.2) is 21.4 Å². The van der Waals surface area contributed by atoms with Crippen LogP contribution in [0.3, 0.4) is 0 Å². The van der Waals surface area contributed by atoms with Crippen LogP contribution in [0.25, 0.3) is 11.4 Å². The quantitative estimate of drug-likeness (QED) is 0.630. The predicted octanol–water partition coefficient (Wildman–Crippen LogP) is 3.72. The van der Waals surface area contributed by atoms with Crippen LogP contribution in [0.2, 0.25) is 5.02 Å². The minimum absolute atomic E-state index is 0.178. The molecule has 0 bridgehead atoms. The van der Waals surface area contributed by atoms with E-state index in [4.69, 9.17) is 11.6 Å². The number of carbonyl (C=O) groups is 2. The van der Waals surface area contributed by atoms with Crippen molar-refractivity contribution in [3.8, 4) is 11.4 Å². The monoisotopic (exact) mass is 424 g/mol. The Kier molecular flexibility index (Phi) is 6.64. The largest absolute Gasteiger partial charge is 0.326 e. The molecule has 0 aliphatic rings. The Morgan fingerprint density at radius 3 is 2.30 bits per heavy atom. The SMILES string of the molecule is CCc1cc(=O)n(CC(=O)Nc2ccc(NC(C)=O)cc2)c(-c2cccc(Cl)c2)n1. The van der Waals surface area contributed by atoms with Crippen LogP contribution in [0.5, 0.6) is 0 Å². The summed E-state index contributed by atoms with van der Waals surface area (Å²) in [5.74, 6) is -0.167. The molecule has 0 unspecified atom stereocenters. The van der Waals surface area contributed by atoms with Crippen molar-refractivity contribution in [2.24, 2.45) is 0 Å². The number of aromatic nitrogens is 2. The first-order valence-electron chi connectivity index (χ1n) is 9.40. The maximum atomic E-state index is 12.7. The Morgan fingerprint density at radius 1 is 1.03 bits per heavy atom. The zero-order valence-corrected chi connectivity index (χ0v) is 17.4. The topological polar surface area (TPSA) is 93.1 Å². The summed E-state index contributed by atoms with van der Waals surface area (Å²) in [6.45, 7) is 3.12. The van der Waals surface area contributed by atoms with Crippen molar-refractivity contribution in [3.05, 3.63) is 75.7 Å². The molecule has 0 fully saturated rings. The van der Waals surface area contributed by atoms with Crippen LogP contribution in [0.15, 0.2) is 59.4 Å². The third-order valence-corrected chi connectivity index (χ3v) is 4.53. The van der Waals surface area contributed by atoms with Crippen LogP contribution in [0, 0.1) is 0 Å². The van der Waals surface area contributed by atoms with Crippen molar-refractivity contribution >= 4 is 34.8 Å². The molecule has 0 aliphatic heterocycles. The number of hydrogen-bond acceptors (Lipinski definition) is 4. The normalized spacial score (nSPS) is 10.5. The number of anilines is 2. The van der Waals surface area contributed by atoms with Gasteiger partial charge < -0.3 is 10.6 Å². The highest BCUT2D eigenvalue weighted by molar-refractivity contribution is 6.30. The molecule has 1 aromatic heterocycles. The van der Waals surface area contributed by atoms with E-state index in [2.05, 4.69) is 15.6 Å². The highest BCUT2D eigenvalue weighted by Crippen LogP contribution is 2.21. The van der Waals surface area contributed by atoms with Gasteiger partial charge in [-0.05, 0) is 42.8 Å². The number of rotatable bonds is 6. The fraction of sp³-hybridized carbons (Fsp3) is 0.182. The summed E-state index contributed by atoms with van der Waals surface area (Å²) in [7, 11) is 0. The molecule has 2 aromatic carbocycles. The summed E-state index contributed by atoms with van der Waals surface area (Å²) in [5.41, 5.74) is 2.15. The second-order valence-corrected chi connectivity index (χ2v) is 7.10. The van der Waals surface area contributed by atoms with Gasteiger partial charge in [-0.3, -0.25) is 19.0 Å². The van der Waals surface area contributed by atoms with Gasteiger partial charge >= 0.3 is 0 Å². The van der Waals surface area contributed by atoms with E-state index in [0.29, 0.717) is 39.9 Å². The smallest absolute Gasteiger partial charge is 0.254 e. The van der Waals surface area contributed by atoms with Crippen LogP contribution in [0.4, 0.5) is 11.4 Å². The number of amides is 2. The molecule has 0 aliphatic carbocycles. The number of carbonyl (C=O) groups excluding carboxylic acids is 2. The van der Waals surface area contributed by atoms with Crippen LogP contribution in [-0.2, 0) is 22.6 Å². The molecule has 7 nitrogen and oxygen atoms in total. The molecule has 0 spiro atoms. The molecule has 154 valence electrons.